The van der Waals surface area contributed by atoms with Gasteiger partial charge in [-0.05, 0) is 183 Å². The number of amides is 2. The zero-order chi connectivity index (χ0) is 72.8. The molecule has 3 fully saturated rings. The summed E-state index contributed by atoms with van der Waals surface area (Å²) in [5.41, 5.74) is 27.0. The third-order valence-corrected chi connectivity index (χ3v) is 20.5. The van der Waals surface area contributed by atoms with Gasteiger partial charge in [0.1, 0.15) is 28.7 Å². The molecule has 7 N–H and O–H groups in total. The smallest absolute Gasteiger partial charge is 0.408 e. The number of pyridine rings is 6. The average molecular weight is 1470 g/mol. The van der Waals surface area contributed by atoms with Crippen molar-refractivity contribution in [2.75, 3.05) is 5.43 Å². The monoisotopic (exact) mass is 1460 g/mol. The zero-order valence-corrected chi connectivity index (χ0v) is 62.9. The first kappa shape index (κ1) is 74.1. The van der Waals surface area contributed by atoms with Gasteiger partial charge >= 0.3 is 12.2 Å². The van der Waals surface area contributed by atoms with Crippen LogP contribution in [0, 0.1) is 13.8 Å². The molecule has 19 nitrogen and oxygen atoms in total. The van der Waals surface area contributed by atoms with E-state index < -0.39 is 22.3 Å². The Kier molecular flexibility index (Phi) is 20.7. The SMILES string of the molecule is CC(C)(C)OC(=O)NC1(c2ccc(-c3nc4ccnc(NN)c4cc3-c3ccccc3)cc2)CCC1.Cc1nnc2c3cc(-c4ccccc4)c(-c4ccc(C5(N)CCC5)cc4)nc3ccn12.Cc1nnc2c3cc(-c4ccccc4)c(-c4ccc(C5(NC(=O)OC(C)(C)C)CCC5)cc4)nc3ccn12.Cl.Cl. The van der Waals surface area contributed by atoms with Crippen LogP contribution in [0.5, 0.6) is 0 Å². The number of aromatic nitrogens is 10. The van der Waals surface area contributed by atoms with E-state index in [2.05, 4.69) is 181 Å². The molecule has 0 radical (unpaired) electrons. The first-order valence-corrected chi connectivity index (χ1v) is 36.0. The minimum Gasteiger partial charge on any atom is -0.444 e. The summed E-state index contributed by atoms with van der Waals surface area (Å²) < 4.78 is 15.1. The molecular weight excluding hydrogens is 1380 g/mol. The van der Waals surface area contributed by atoms with Gasteiger partial charge < -0.3 is 31.3 Å². The van der Waals surface area contributed by atoms with Crippen molar-refractivity contribution >= 4 is 86.8 Å². The van der Waals surface area contributed by atoms with Gasteiger partial charge in [-0.2, -0.15) is 0 Å². The third-order valence-electron chi connectivity index (χ3n) is 20.5. The second-order valence-electron chi connectivity index (χ2n) is 29.9. The molecule has 0 atom stereocenters. The maximum Gasteiger partial charge on any atom is 0.408 e. The molecule has 21 heteroatoms. The topological polar surface area (TPSA) is 253 Å². The fourth-order valence-electron chi connectivity index (χ4n) is 14.5. The minimum atomic E-state index is -0.538. The number of alkyl carbamates (subject to hydrolysis) is 2. The van der Waals surface area contributed by atoms with Crippen molar-refractivity contribution in [3.63, 3.8) is 0 Å². The summed E-state index contributed by atoms with van der Waals surface area (Å²) in [6.07, 6.45) is 13.9. The summed E-state index contributed by atoms with van der Waals surface area (Å²) in [5, 5.41) is 26.4. The van der Waals surface area contributed by atoms with E-state index >= 15 is 0 Å². The van der Waals surface area contributed by atoms with Gasteiger partial charge in [-0.3, -0.25) is 8.80 Å². The first-order valence-electron chi connectivity index (χ1n) is 36.0. The van der Waals surface area contributed by atoms with Gasteiger partial charge in [0.2, 0.25) is 0 Å². The van der Waals surface area contributed by atoms with E-state index in [0.29, 0.717) is 5.82 Å². The van der Waals surface area contributed by atoms with E-state index in [1.54, 1.807) is 6.20 Å². The number of halogens is 2. The second kappa shape index (κ2) is 30.0. The lowest BCUT2D eigenvalue weighted by Crippen LogP contribution is -2.52. The van der Waals surface area contributed by atoms with Gasteiger partial charge in [-0.1, -0.05) is 164 Å². The molecule has 17 rings (SSSR count). The predicted molar refractivity (Wildman–Crippen MR) is 430 cm³/mol. The van der Waals surface area contributed by atoms with E-state index in [9.17, 15) is 9.59 Å². The highest BCUT2D eigenvalue weighted by atomic mass is 35.5. The predicted octanol–water partition coefficient (Wildman–Crippen LogP) is 19.1. The molecule has 14 aromatic rings. The number of hydrazine groups is 1. The minimum absolute atomic E-state index is 0. The molecule has 3 aliphatic rings. The Morgan fingerprint density at radius 2 is 0.776 bits per heavy atom. The number of nitrogens with zero attached hydrogens (tertiary/aromatic N) is 10. The average Bonchev–Trinajstić information content (AvgIpc) is 1.74. The number of aryl methyl sites for hydroxylation is 2. The maximum absolute atomic E-state index is 12.6. The normalized spacial score (nSPS) is 14.6. The molecule has 0 saturated heterocycles. The first-order chi connectivity index (χ1) is 50.6. The molecule has 8 heterocycles. The molecule has 107 heavy (non-hydrogen) atoms. The van der Waals surface area contributed by atoms with Crippen molar-refractivity contribution in [3.8, 4) is 67.2 Å². The van der Waals surface area contributed by atoms with Crippen LogP contribution in [0.3, 0.4) is 0 Å². The standard InChI is InChI=1S/C31H31N5O2.C29H31N5O2.C26H23N5.2ClH/c1-20-34-35-28-25-19-24(21-9-6-5-7-10-21)27(32-26(25)15-18-36(20)28)22-11-13-23(14-12-22)31(16-8-17-31)33-29(37)38-30(2,3)4;1-28(2,3)36-27(35)33-29(15-7-16-29)21-12-10-20(11-13-21)25-22(19-8-5-4-6-9-19)18-23-24(32-25)14-17-31-26(23)34-30;1-17-29-30-25-22-16-21(18-6-3-2-4-7-18)24(28-23(22)12-15-31(17)25)19-8-10-20(11-9-19)26(27)13-5-14-26;;/h5-7,9-15,18-19H,8,16-17H2,1-4H3,(H,33,37);4-6,8-14,17-18H,7,15-16,30H2,1-3H3,(H,31,34)(H,33,35);2-4,6-12,15-16H,5,13-14,27H2,1H3;2*1H. The highest BCUT2D eigenvalue weighted by molar-refractivity contribution is 6.00. The Morgan fingerprint density at radius 1 is 0.430 bits per heavy atom. The third kappa shape index (κ3) is 15.1. The molecule has 0 bridgehead atoms. The molecule has 8 aromatic heterocycles. The molecule has 3 saturated carbocycles. The summed E-state index contributed by atoms with van der Waals surface area (Å²) in [4.78, 5) is 44.7. The van der Waals surface area contributed by atoms with Gasteiger partial charge in [-0.25, -0.2) is 35.4 Å². The molecule has 3 aliphatic carbocycles. The highest BCUT2D eigenvalue weighted by Crippen LogP contribution is 2.46. The van der Waals surface area contributed by atoms with Gasteiger partial charge in [0, 0.05) is 73.7 Å². The Bertz CT molecular complexity index is 5560. The molecule has 544 valence electrons. The van der Waals surface area contributed by atoms with Crippen molar-refractivity contribution in [2.24, 2.45) is 11.6 Å². The lowest BCUT2D eigenvalue weighted by Gasteiger charge is -2.43. The molecular formula is C86H87Cl2N15O4. The quantitative estimate of drug-likeness (QED) is 0.0563. The van der Waals surface area contributed by atoms with Crippen molar-refractivity contribution in [1.82, 2.24) is 59.8 Å². The number of hydrogen-bond donors (Lipinski definition) is 5. The van der Waals surface area contributed by atoms with Gasteiger partial charge in [-0.15, -0.1) is 45.2 Å². The molecule has 2 amide bonds. The van der Waals surface area contributed by atoms with E-state index in [-0.39, 0.29) is 42.5 Å². The van der Waals surface area contributed by atoms with Crippen LogP contribution in [0.2, 0.25) is 0 Å². The zero-order valence-electron chi connectivity index (χ0n) is 61.2. The van der Waals surface area contributed by atoms with E-state index in [1.807, 2.05) is 137 Å². The Hall–Kier alpha value is -11.2. The largest absolute Gasteiger partial charge is 0.444 e. The number of nitrogens with two attached hydrogens (primary N) is 2. The van der Waals surface area contributed by atoms with E-state index in [0.717, 1.165) is 185 Å². The Labute approximate surface area is 634 Å². The van der Waals surface area contributed by atoms with E-state index in [1.165, 1.54) is 12.0 Å². The number of benzene rings is 6. The van der Waals surface area contributed by atoms with Crippen molar-refractivity contribution < 1.29 is 19.1 Å². The number of rotatable bonds is 12. The number of nitrogens with one attached hydrogen (secondary N) is 3. The summed E-state index contributed by atoms with van der Waals surface area (Å²) >= 11 is 0. The number of hydrogen-bond acceptors (Lipinski definition) is 15. The summed E-state index contributed by atoms with van der Waals surface area (Å²) in [7, 11) is 0. The number of carbonyl (C=O) groups excluding carboxylic acids is 2. The lowest BCUT2D eigenvalue weighted by molar-refractivity contribution is 0.0365. The summed E-state index contributed by atoms with van der Waals surface area (Å²) in [6.45, 7) is 15.2. The summed E-state index contributed by atoms with van der Waals surface area (Å²) in [6, 6.07) is 68.7. The molecule has 0 aliphatic heterocycles. The van der Waals surface area contributed by atoms with Crippen LogP contribution in [-0.4, -0.2) is 72.5 Å². The molecule has 0 spiro atoms. The van der Waals surface area contributed by atoms with Gasteiger partial charge in [0.15, 0.2) is 11.3 Å². The van der Waals surface area contributed by atoms with Crippen molar-refractivity contribution in [3.05, 3.63) is 247 Å². The Morgan fingerprint density at radius 3 is 1.10 bits per heavy atom. The van der Waals surface area contributed by atoms with E-state index in [4.69, 9.17) is 36.0 Å². The number of ether oxygens (including phenoxy) is 2. The maximum atomic E-state index is 12.6. The van der Waals surface area contributed by atoms with Crippen LogP contribution in [0.4, 0.5) is 15.4 Å². The fourth-order valence-corrected chi connectivity index (χ4v) is 14.5. The van der Waals surface area contributed by atoms with Crippen LogP contribution in [-0.2, 0) is 26.1 Å². The second-order valence-corrected chi connectivity index (χ2v) is 29.9. The molecule has 0 unspecified atom stereocenters. The summed E-state index contributed by atoms with van der Waals surface area (Å²) in [5.74, 6) is 8.01. The molecule has 6 aromatic carbocycles. The fraction of sp³-hybridized carbons (Fsp3) is 0.256. The van der Waals surface area contributed by atoms with Gasteiger partial charge in [0.25, 0.3) is 0 Å². The number of carbonyl (C=O) groups is 2. The van der Waals surface area contributed by atoms with Crippen molar-refractivity contribution in [1.29, 1.82) is 0 Å². The van der Waals surface area contributed by atoms with Crippen LogP contribution < -0.4 is 27.6 Å². The highest BCUT2D eigenvalue weighted by Gasteiger charge is 2.43. The number of fused-ring (bicyclic) bond motifs is 7. The van der Waals surface area contributed by atoms with Crippen LogP contribution in [0.15, 0.2) is 219 Å². The number of nitrogen functional groups attached to an aromatic ring is 1. The van der Waals surface area contributed by atoms with Crippen LogP contribution in [0.1, 0.15) is 128 Å². The Balaban J connectivity index is 0.000000141. The van der Waals surface area contributed by atoms with Crippen LogP contribution in [0.25, 0.3) is 111 Å². The van der Waals surface area contributed by atoms with Crippen LogP contribution >= 0.6 is 24.8 Å². The van der Waals surface area contributed by atoms with Crippen molar-refractivity contribution in [2.45, 2.75) is 141 Å². The number of anilines is 1. The lowest BCUT2D eigenvalue weighted by atomic mass is 9.71. The van der Waals surface area contributed by atoms with Gasteiger partial charge in [0.05, 0.1) is 44.7 Å².